The highest BCUT2D eigenvalue weighted by Gasteiger charge is 2.22. The van der Waals surface area contributed by atoms with Crippen LogP contribution in [0, 0.1) is 6.92 Å². The van der Waals surface area contributed by atoms with Crippen molar-refractivity contribution in [2.45, 2.75) is 20.3 Å². The molecule has 0 spiro atoms. The molecule has 138 valence electrons. The molecule has 2 aromatic rings. The maximum Gasteiger partial charge on any atom is 0.280 e. The maximum absolute atomic E-state index is 12.9. The Labute approximate surface area is 158 Å². The molecule has 1 aromatic heterocycles. The minimum atomic E-state index is -0.0515. The van der Waals surface area contributed by atoms with Crippen molar-refractivity contribution in [3.05, 3.63) is 51.9 Å². The number of quaternary nitrogens is 1. The molecule has 3 rings (SSSR count). The Balaban J connectivity index is 1.76. The average Bonchev–Trinajstić information content (AvgIpc) is 3.05. The lowest BCUT2D eigenvalue weighted by Gasteiger charge is -2.23. The van der Waals surface area contributed by atoms with Crippen LogP contribution in [0.25, 0.3) is 0 Å². The van der Waals surface area contributed by atoms with Gasteiger partial charge in [0, 0.05) is 10.4 Å². The van der Waals surface area contributed by atoms with Gasteiger partial charge in [0.25, 0.3) is 5.91 Å². The van der Waals surface area contributed by atoms with E-state index in [2.05, 4.69) is 12.2 Å². The van der Waals surface area contributed by atoms with Gasteiger partial charge < -0.3 is 15.0 Å². The van der Waals surface area contributed by atoms with Crippen molar-refractivity contribution in [3.8, 4) is 0 Å². The lowest BCUT2D eigenvalue weighted by molar-refractivity contribution is -0.899. The molecule has 2 heterocycles. The van der Waals surface area contributed by atoms with Gasteiger partial charge in [0.05, 0.1) is 18.8 Å². The van der Waals surface area contributed by atoms with Crippen LogP contribution in [0.4, 0.5) is 5.00 Å². The Kier molecular flexibility index (Phi) is 6.19. The van der Waals surface area contributed by atoms with Crippen molar-refractivity contribution in [2.75, 3.05) is 38.2 Å². The van der Waals surface area contributed by atoms with Crippen LogP contribution in [0.15, 0.2) is 30.3 Å². The molecule has 0 bridgehead atoms. The molecule has 0 unspecified atom stereocenters. The van der Waals surface area contributed by atoms with E-state index >= 15 is 0 Å². The summed E-state index contributed by atoms with van der Waals surface area (Å²) in [4.78, 5) is 27.7. The van der Waals surface area contributed by atoms with Crippen LogP contribution < -0.4 is 10.2 Å². The van der Waals surface area contributed by atoms with Gasteiger partial charge in [-0.2, -0.15) is 0 Å². The largest absolute Gasteiger partial charge is 0.370 e. The number of ether oxygens (including phenoxy) is 1. The van der Waals surface area contributed by atoms with Crippen LogP contribution in [0.5, 0.6) is 0 Å². The highest BCUT2D eigenvalue weighted by atomic mass is 32.1. The molecule has 0 aliphatic carbocycles. The second-order valence-corrected chi connectivity index (χ2v) is 7.73. The topological polar surface area (TPSA) is 59.8 Å². The smallest absolute Gasteiger partial charge is 0.280 e. The number of thiophene rings is 1. The third-order valence-electron chi connectivity index (χ3n) is 4.55. The normalized spacial score (nSPS) is 15.0. The first-order valence-corrected chi connectivity index (χ1v) is 9.83. The zero-order chi connectivity index (χ0) is 18.5. The molecular weight excluding hydrogens is 348 g/mol. The number of hydrogen-bond donors (Lipinski definition) is 2. The van der Waals surface area contributed by atoms with Gasteiger partial charge in [-0.05, 0) is 19.4 Å². The van der Waals surface area contributed by atoms with E-state index in [9.17, 15) is 9.59 Å². The van der Waals surface area contributed by atoms with E-state index in [4.69, 9.17) is 4.74 Å². The number of carbonyl (C=O) groups is 2. The van der Waals surface area contributed by atoms with Gasteiger partial charge >= 0.3 is 0 Å². The minimum Gasteiger partial charge on any atom is -0.370 e. The molecule has 1 fully saturated rings. The van der Waals surface area contributed by atoms with Gasteiger partial charge in [-0.15, -0.1) is 11.3 Å². The third kappa shape index (κ3) is 4.58. The third-order valence-corrected chi connectivity index (χ3v) is 5.75. The summed E-state index contributed by atoms with van der Waals surface area (Å²) in [6.07, 6.45) is 0.837. The average molecular weight is 373 g/mol. The van der Waals surface area contributed by atoms with Crippen molar-refractivity contribution in [3.63, 3.8) is 0 Å². The fourth-order valence-electron chi connectivity index (χ4n) is 2.97. The van der Waals surface area contributed by atoms with Crippen molar-refractivity contribution in [1.82, 2.24) is 0 Å². The summed E-state index contributed by atoms with van der Waals surface area (Å²) in [6, 6.07) is 9.44. The van der Waals surface area contributed by atoms with E-state index in [0.717, 1.165) is 30.0 Å². The maximum atomic E-state index is 12.9. The monoisotopic (exact) mass is 373 g/mol. The Bertz CT molecular complexity index is 777. The molecule has 0 atom stereocenters. The molecular formula is C20H25N2O3S+. The van der Waals surface area contributed by atoms with Gasteiger partial charge in [0.2, 0.25) is 0 Å². The van der Waals surface area contributed by atoms with E-state index in [1.165, 1.54) is 16.2 Å². The number of morpholine rings is 1. The highest BCUT2D eigenvalue weighted by molar-refractivity contribution is 7.16. The summed E-state index contributed by atoms with van der Waals surface area (Å²) >= 11 is 1.49. The van der Waals surface area contributed by atoms with Crippen LogP contribution in [0.1, 0.15) is 33.3 Å². The molecule has 2 N–H and O–H groups in total. The lowest BCUT2D eigenvalue weighted by atomic mass is 10.0. The quantitative estimate of drug-likeness (QED) is 0.758. The van der Waals surface area contributed by atoms with Gasteiger partial charge in [0.15, 0.2) is 12.3 Å². The van der Waals surface area contributed by atoms with Gasteiger partial charge in [0.1, 0.15) is 18.1 Å². The number of nitrogens with one attached hydrogen (secondary N) is 2. The van der Waals surface area contributed by atoms with Gasteiger partial charge in [-0.1, -0.05) is 36.8 Å². The van der Waals surface area contributed by atoms with Crippen LogP contribution in [0.2, 0.25) is 0 Å². The summed E-state index contributed by atoms with van der Waals surface area (Å²) in [5, 5.41) is 3.63. The van der Waals surface area contributed by atoms with Crippen molar-refractivity contribution in [2.24, 2.45) is 0 Å². The Morgan fingerprint density at radius 2 is 1.88 bits per heavy atom. The van der Waals surface area contributed by atoms with Crippen molar-refractivity contribution < 1.29 is 19.2 Å². The van der Waals surface area contributed by atoms with Crippen molar-refractivity contribution in [1.29, 1.82) is 0 Å². The summed E-state index contributed by atoms with van der Waals surface area (Å²) in [5.41, 5.74) is 2.34. The zero-order valence-electron chi connectivity index (χ0n) is 15.3. The Hall–Kier alpha value is -2.02. The van der Waals surface area contributed by atoms with E-state index in [1.54, 1.807) is 0 Å². The highest BCUT2D eigenvalue weighted by Crippen LogP contribution is 2.30. The number of carbonyl (C=O) groups excluding carboxylic acids is 2. The number of rotatable bonds is 6. The van der Waals surface area contributed by atoms with Gasteiger partial charge in [-0.3, -0.25) is 9.59 Å². The number of benzene rings is 1. The second-order valence-electron chi connectivity index (χ2n) is 6.59. The lowest BCUT2D eigenvalue weighted by Crippen LogP contribution is -3.15. The molecule has 6 heteroatoms. The molecule has 1 aliphatic rings. The first-order chi connectivity index (χ1) is 12.6. The summed E-state index contributed by atoms with van der Waals surface area (Å²) < 4.78 is 5.33. The predicted octanol–water partition coefficient (Wildman–Crippen LogP) is 1.70. The molecule has 26 heavy (non-hydrogen) atoms. The Morgan fingerprint density at radius 3 is 2.54 bits per heavy atom. The SMILES string of the molecule is CCc1cc(C(=O)c2ccc(C)cc2)c(NC(=O)C[NH+]2CCOCC2)s1. The number of ketones is 1. The van der Waals surface area contributed by atoms with Crippen LogP contribution in [0.3, 0.4) is 0 Å². The van der Waals surface area contributed by atoms with E-state index < -0.39 is 0 Å². The molecule has 1 aliphatic heterocycles. The predicted molar refractivity (Wildman–Crippen MR) is 103 cm³/mol. The summed E-state index contributed by atoms with van der Waals surface area (Å²) in [6.45, 7) is 7.52. The Morgan fingerprint density at radius 1 is 1.19 bits per heavy atom. The number of aryl methyl sites for hydroxylation is 2. The van der Waals surface area contributed by atoms with E-state index in [1.807, 2.05) is 37.3 Å². The number of anilines is 1. The fourth-order valence-corrected chi connectivity index (χ4v) is 3.98. The molecule has 1 aromatic carbocycles. The second kappa shape index (κ2) is 8.58. The van der Waals surface area contributed by atoms with Crippen LogP contribution >= 0.6 is 11.3 Å². The van der Waals surface area contributed by atoms with Crippen molar-refractivity contribution >= 4 is 28.0 Å². The molecule has 0 saturated carbocycles. The standard InChI is InChI=1S/C20H24N2O3S/c1-3-16-12-17(19(24)15-6-4-14(2)5-7-15)20(26-16)21-18(23)13-22-8-10-25-11-9-22/h4-7,12H,3,8-11,13H2,1-2H3,(H,21,23)/p+1. The van der Waals surface area contributed by atoms with E-state index in [0.29, 0.717) is 35.9 Å². The molecule has 1 saturated heterocycles. The van der Waals surface area contributed by atoms with E-state index in [-0.39, 0.29) is 11.7 Å². The molecule has 5 nitrogen and oxygen atoms in total. The molecule has 0 radical (unpaired) electrons. The minimum absolute atomic E-state index is 0.0463. The number of amides is 1. The summed E-state index contributed by atoms with van der Waals surface area (Å²) in [7, 11) is 0. The first kappa shape index (κ1) is 18.8. The summed E-state index contributed by atoms with van der Waals surface area (Å²) in [5.74, 6) is -0.0978. The van der Waals surface area contributed by atoms with Gasteiger partial charge in [-0.25, -0.2) is 0 Å². The fraction of sp³-hybridized carbons (Fsp3) is 0.400. The first-order valence-electron chi connectivity index (χ1n) is 9.02. The van der Waals surface area contributed by atoms with Crippen LogP contribution in [-0.2, 0) is 16.0 Å². The molecule has 1 amide bonds. The van der Waals surface area contributed by atoms with Crippen LogP contribution in [-0.4, -0.2) is 44.5 Å². The zero-order valence-corrected chi connectivity index (χ0v) is 16.1. The number of hydrogen-bond acceptors (Lipinski definition) is 4.